The summed E-state index contributed by atoms with van der Waals surface area (Å²) in [5, 5.41) is 0. The molecule has 0 N–H and O–H groups in total. The summed E-state index contributed by atoms with van der Waals surface area (Å²) in [7, 11) is -2.38. The van der Waals surface area contributed by atoms with Gasteiger partial charge >= 0.3 is 29.6 Å². The van der Waals surface area contributed by atoms with E-state index in [9.17, 15) is 17.8 Å². The topological polar surface area (TPSA) is 77.5 Å². The Morgan fingerprint density at radius 3 is 1.50 bits per heavy atom. The summed E-state index contributed by atoms with van der Waals surface area (Å²) < 4.78 is 31.6. The van der Waals surface area contributed by atoms with E-state index in [4.69, 9.17) is 0 Å². The Balaban J connectivity index is 0. The fraction of sp³-hybridized carbons (Fsp3) is 0.957. The minimum atomic E-state index is -4.13. The average Bonchev–Trinajstić information content (AvgIpc) is 2.67. The van der Waals surface area contributed by atoms with Crippen molar-refractivity contribution in [3.63, 3.8) is 0 Å². The molecule has 0 radical (unpaired) electrons. The van der Waals surface area contributed by atoms with E-state index in [1.165, 1.54) is 83.5 Å². The van der Waals surface area contributed by atoms with E-state index in [2.05, 4.69) is 6.92 Å². The van der Waals surface area contributed by atoms with Gasteiger partial charge in [-0.3, -0.25) is 4.79 Å². The molecule has 0 unspecified atom stereocenters. The van der Waals surface area contributed by atoms with E-state index in [0.717, 1.165) is 12.8 Å². The molecule has 0 fully saturated rings. The Morgan fingerprint density at radius 2 is 1.10 bits per heavy atom. The minimum Gasteiger partial charge on any atom is -0.748 e. The van der Waals surface area contributed by atoms with Crippen LogP contribution in [-0.2, 0) is 14.9 Å². The first-order valence-electron chi connectivity index (χ1n) is 12.0. The number of rotatable bonds is 21. The van der Waals surface area contributed by atoms with Gasteiger partial charge in [0.15, 0.2) is 0 Å². The molecule has 0 spiro atoms. The van der Waals surface area contributed by atoms with Crippen molar-refractivity contribution in [3.8, 4) is 0 Å². The maximum absolute atomic E-state index is 12.0. The summed E-state index contributed by atoms with van der Waals surface area (Å²) in [6.07, 6.45) is 21.1. The van der Waals surface area contributed by atoms with Crippen molar-refractivity contribution in [1.29, 1.82) is 0 Å². The van der Waals surface area contributed by atoms with Crippen molar-refractivity contribution in [1.82, 2.24) is 4.90 Å². The van der Waals surface area contributed by atoms with Crippen molar-refractivity contribution in [3.05, 3.63) is 0 Å². The van der Waals surface area contributed by atoms with Crippen LogP contribution in [0.4, 0.5) is 0 Å². The molecule has 1 amide bonds. The first kappa shape index (κ1) is 32.6. The predicted molar refractivity (Wildman–Crippen MR) is 121 cm³/mol. The molecule has 174 valence electrons. The maximum atomic E-state index is 12.0. The third-order valence-electron chi connectivity index (χ3n) is 5.56. The Kier molecular flexibility index (Phi) is 24.5. The zero-order valence-corrected chi connectivity index (χ0v) is 22.9. The van der Waals surface area contributed by atoms with Crippen molar-refractivity contribution in [2.45, 2.75) is 122 Å². The van der Waals surface area contributed by atoms with Crippen LogP contribution in [0.5, 0.6) is 0 Å². The molecule has 0 aliphatic rings. The van der Waals surface area contributed by atoms with Crippen LogP contribution in [0, 0.1) is 0 Å². The second-order valence-corrected chi connectivity index (χ2v) is 10.0. The largest absolute Gasteiger partial charge is 1.00 e. The third kappa shape index (κ3) is 24.6. The Bertz CT molecular complexity index is 486. The van der Waals surface area contributed by atoms with Gasteiger partial charge in [-0.05, 0) is 19.3 Å². The van der Waals surface area contributed by atoms with Crippen molar-refractivity contribution in [2.75, 3.05) is 19.3 Å². The quantitative estimate of drug-likeness (QED) is 0.151. The normalized spacial score (nSPS) is 11.3. The van der Waals surface area contributed by atoms with Crippen LogP contribution >= 0.6 is 0 Å². The second kappa shape index (κ2) is 22.6. The Morgan fingerprint density at radius 1 is 0.700 bits per heavy atom. The summed E-state index contributed by atoms with van der Waals surface area (Å²) in [6.45, 7) is 2.78. The van der Waals surface area contributed by atoms with Crippen molar-refractivity contribution >= 4 is 16.0 Å². The SMILES string of the molecule is CCCCCCCCCCCCCCCCCC(=O)N(C)CCCCS(=O)(=O)[O-].[Na+]. The minimum absolute atomic E-state index is 0. The molecule has 30 heavy (non-hydrogen) atoms. The molecule has 0 saturated carbocycles. The van der Waals surface area contributed by atoms with E-state index in [1.807, 2.05) is 0 Å². The number of nitrogens with zero attached hydrogens (tertiary/aromatic N) is 1. The van der Waals surface area contributed by atoms with Gasteiger partial charge in [0, 0.05) is 25.8 Å². The van der Waals surface area contributed by atoms with Crippen LogP contribution in [0.3, 0.4) is 0 Å². The molecule has 0 aromatic carbocycles. The van der Waals surface area contributed by atoms with Gasteiger partial charge in [0.25, 0.3) is 0 Å². The smallest absolute Gasteiger partial charge is 0.748 e. The Hall–Kier alpha value is 0.380. The van der Waals surface area contributed by atoms with Gasteiger partial charge in [0.05, 0.1) is 10.1 Å². The van der Waals surface area contributed by atoms with Crippen LogP contribution in [0.25, 0.3) is 0 Å². The van der Waals surface area contributed by atoms with Crippen LogP contribution in [0.2, 0.25) is 0 Å². The standard InChI is InChI=1S/C23H47NO4S.Na/c1-3-4-5-6-7-8-9-10-11-12-13-14-15-16-17-20-23(25)24(2)21-18-19-22-29(26,27)28;/h3-22H2,1-2H3,(H,26,27,28);/q;+1/p-1. The molecule has 0 aromatic heterocycles. The van der Waals surface area contributed by atoms with Gasteiger partial charge in [0.2, 0.25) is 5.91 Å². The Labute approximate surface area is 209 Å². The van der Waals surface area contributed by atoms with E-state index in [0.29, 0.717) is 25.8 Å². The van der Waals surface area contributed by atoms with Crippen LogP contribution in [0.15, 0.2) is 0 Å². The molecule has 0 atom stereocenters. The van der Waals surface area contributed by atoms with Crippen LogP contribution in [0.1, 0.15) is 122 Å². The monoisotopic (exact) mass is 455 g/mol. The molecular weight excluding hydrogens is 409 g/mol. The van der Waals surface area contributed by atoms with Gasteiger partial charge in [-0.25, -0.2) is 8.42 Å². The van der Waals surface area contributed by atoms with Crippen LogP contribution < -0.4 is 29.6 Å². The summed E-state index contributed by atoms with van der Waals surface area (Å²) in [5.74, 6) is -0.224. The summed E-state index contributed by atoms with van der Waals surface area (Å²) >= 11 is 0. The van der Waals surface area contributed by atoms with Crippen molar-refractivity contribution in [2.24, 2.45) is 0 Å². The first-order valence-corrected chi connectivity index (χ1v) is 13.6. The van der Waals surface area contributed by atoms with Crippen molar-refractivity contribution < 1.29 is 47.3 Å². The maximum Gasteiger partial charge on any atom is 1.00 e. The number of hydrogen-bond acceptors (Lipinski definition) is 4. The molecule has 7 heteroatoms. The van der Waals surface area contributed by atoms with Gasteiger partial charge < -0.3 is 9.45 Å². The van der Waals surface area contributed by atoms with Gasteiger partial charge in [-0.1, -0.05) is 96.8 Å². The molecule has 0 aliphatic heterocycles. The number of carbonyl (C=O) groups is 1. The zero-order chi connectivity index (χ0) is 21.8. The van der Waals surface area contributed by atoms with Gasteiger partial charge in [0.1, 0.15) is 0 Å². The summed E-state index contributed by atoms with van der Waals surface area (Å²) in [6, 6.07) is 0. The number of unbranched alkanes of at least 4 members (excludes halogenated alkanes) is 15. The van der Waals surface area contributed by atoms with Gasteiger partial charge in [-0.15, -0.1) is 0 Å². The van der Waals surface area contributed by atoms with E-state index < -0.39 is 10.1 Å². The predicted octanol–water partition coefficient (Wildman–Crippen LogP) is 3.04. The van der Waals surface area contributed by atoms with E-state index in [-0.39, 0.29) is 41.2 Å². The molecule has 0 saturated heterocycles. The molecule has 0 bridgehead atoms. The molecular formula is C23H46NNaO4S. The van der Waals surface area contributed by atoms with E-state index >= 15 is 0 Å². The molecule has 0 rings (SSSR count). The fourth-order valence-electron chi connectivity index (χ4n) is 3.59. The number of hydrogen-bond donors (Lipinski definition) is 0. The number of carbonyl (C=O) groups excluding carboxylic acids is 1. The first-order chi connectivity index (χ1) is 13.9. The third-order valence-corrected chi connectivity index (χ3v) is 6.35. The fourth-order valence-corrected chi connectivity index (χ4v) is 4.15. The second-order valence-electron chi connectivity index (χ2n) is 8.48. The zero-order valence-electron chi connectivity index (χ0n) is 20.1. The molecule has 0 aliphatic carbocycles. The summed E-state index contributed by atoms with van der Waals surface area (Å²) in [5.41, 5.74) is 0. The average molecular weight is 456 g/mol. The van der Waals surface area contributed by atoms with Gasteiger partial charge in [-0.2, -0.15) is 0 Å². The summed E-state index contributed by atoms with van der Waals surface area (Å²) in [4.78, 5) is 13.7. The van der Waals surface area contributed by atoms with Crippen LogP contribution in [-0.4, -0.2) is 43.1 Å². The number of amides is 1. The molecule has 0 aromatic rings. The van der Waals surface area contributed by atoms with E-state index in [1.54, 1.807) is 11.9 Å². The molecule has 5 nitrogen and oxygen atoms in total. The molecule has 0 heterocycles.